The van der Waals surface area contributed by atoms with Crippen LogP contribution in [0.2, 0.25) is 0 Å². The minimum absolute atomic E-state index is 0.310. The molecule has 0 radical (unpaired) electrons. The lowest BCUT2D eigenvalue weighted by molar-refractivity contribution is -0.133. The minimum atomic E-state index is 0.310. The molecule has 0 N–H and O–H groups in total. The van der Waals surface area contributed by atoms with Crippen molar-refractivity contribution >= 4 is 17.2 Å². The van der Waals surface area contributed by atoms with E-state index in [4.69, 9.17) is 9.47 Å². The second-order valence-corrected chi connectivity index (χ2v) is 9.02. The number of ether oxygens (including phenoxy) is 2. The van der Waals surface area contributed by atoms with E-state index in [0.29, 0.717) is 18.4 Å². The van der Waals surface area contributed by atoms with Gasteiger partial charge in [-0.25, -0.2) is 0 Å². The van der Waals surface area contributed by atoms with Crippen LogP contribution in [0.15, 0.2) is 35.7 Å². The van der Waals surface area contributed by atoms with E-state index in [2.05, 4.69) is 46.5 Å². The van der Waals surface area contributed by atoms with Gasteiger partial charge in [0.15, 0.2) is 11.5 Å². The van der Waals surface area contributed by atoms with Gasteiger partial charge in [-0.15, -0.1) is 11.3 Å². The van der Waals surface area contributed by atoms with Crippen molar-refractivity contribution in [3.8, 4) is 11.5 Å². The summed E-state index contributed by atoms with van der Waals surface area (Å²) in [4.78, 5) is 18.5. The average molecular weight is 431 g/mol. The molecule has 1 aliphatic rings. The molecule has 1 aliphatic heterocycles. The van der Waals surface area contributed by atoms with Gasteiger partial charge in [-0.1, -0.05) is 12.1 Å². The number of rotatable bonds is 10. The number of carbonyl (C=O) groups excluding carboxylic acids is 1. The lowest BCUT2D eigenvalue weighted by Gasteiger charge is -2.38. The number of benzene rings is 1. The fourth-order valence-corrected chi connectivity index (χ4v) is 4.84. The molecule has 2 heterocycles. The Morgan fingerprint density at radius 1 is 1.20 bits per heavy atom. The average Bonchev–Trinajstić information content (AvgIpc) is 3.30. The summed E-state index contributed by atoms with van der Waals surface area (Å²) in [6.45, 7) is 2.71. The zero-order valence-corrected chi connectivity index (χ0v) is 19.2. The van der Waals surface area contributed by atoms with Gasteiger partial charge in [0.25, 0.3) is 0 Å². The number of aryl methyl sites for hydroxylation is 1. The maximum absolute atomic E-state index is 12.7. The first kappa shape index (κ1) is 22.6. The van der Waals surface area contributed by atoms with Crippen molar-refractivity contribution in [2.75, 3.05) is 40.9 Å². The van der Waals surface area contributed by atoms with Gasteiger partial charge in [0.05, 0.1) is 14.2 Å². The highest BCUT2D eigenvalue weighted by molar-refractivity contribution is 7.09. The van der Waals surface area contributed by atoms with Crippen molar-refractivity contribution < 1.29 is 14.3 Å². The third-order valence-corrected chi connectivity index (χ3v) is 6.90. The molecular weight excluding hydrogens is 396 g/mol. The van der Waals surface area contributed by atoms with Crippen molar-refractivity contribution in [1.82, 2.24) is 9.80 Å². The van der Waals surface area contributed by atoms with E-state index in [9.17, 15) is 4.79 Å². The quantitative estimate of drug-likeness (QED) is 0.565. The highest BCUT2D eigenvalue weighted by Crippen LogP contribution is 2.28. The molecule has 0 bridgehead atoms. The van der Waals surface area contributed by atoms with Crippen LogP contribution in [0.25, 0.3) is 0 Å². The number of likely N-dealkylation sites (tertiary alicyclic amines) is 1. The van der Waals surface area contributed by atoms with Gasteiger partial charge in [0, 0.05) is 37.0 Å². The predicted molar refractivity (Wildman–Crippen MR) is 123 cm³/mol. The molecule has 2 aromatic rings. The molecule has 0 saturated carbocycles. The smallest absolute Gasteiger partial charge is 0.222 e. The first-order valence-electron chi connectivity index (χ1n) is 10.8. The topological polar surface area (TPSA) is 42.0 Å². The zero-order chi connectivity index (χ0) is 21.3. The van der Waals surface area contributed by atoms with Crippen LogP contribution in [-0.2, 0) is 17.6 Å². The molecule has 0 spiro atoms. The monoisotopic (exact) mass is 430 g/mol. The van der Waals surface area contributed by atoms with Crippen LogP contribution in [-0.4, -0.2) is 62.7 Å². The molecule has 6 heteroatoms. The van der Waals surface area contributed by atoms with Crippen LogP contribution < -0.4 is 9.47 Å². The summed E-state index contributed by atoms with van der Waals surface area (Å²) in [6, 6.07) is 10.8. The van der Waals surface area contributed by atoms with Crippen LogP contribution in [0.5, 0.6) is 11.5 Å². The second-order valence-electron chi connectivity index (χ2n) is 7.99. The zero-order valence-electron chi connectivity index (χ0n) is 18.4. The van der Waals surface area contributed by atoms with Crippen LogP contribution in [0.1, 0.15) is 36.1 Å². The maximum atomic E-state index is 12.7. The number of nitrogens with zero attached hydrogens (tertiary/aromatic N) is 2. The van der Waals surface area contributed by atoms with Crippen molar-refractivity contribution in [3.05, 3.63) is 46.2 Å². The molecule has 0 unspecified atom stereocenters. The van der Waals surface area contributed by atoms with Crippen LogP contribution in [0, 0.1) is 0 Å². The van der Waals surface area contributed by atoms with E-state index < -0.39 is 0 Å². The first-order chi connectivity index (χ1) is 14.6. The van der Waals surface area contributed by atoms with Gasteiger partial charge in [-0.05, 0) is 68.3 Å². The molecule has 164 valence electrons. The number of hydrogen-bond donors (Lipinski definition) is 0. The summed E-state index contributed by atoms with van der Waals surface area (Å²) in [5, 5.41) is 2.10. The summed E-state index contributed by atoms with van der Waals surface area (Å²) < 4.78 is 10.7. The van der Waals surface area contributed by atoms with Crippen molar-refractivity contribution in [3.63, 3.8) is 0 Å². The number of thiophene rings is 1. The Hall–Kier alpha value is -2.05. The van der Waals surface area contributed by atoms with Crippen molar-refractivity contribution in [1.29, 1.82) is 0 Å². The second kappa shape index (κ2) is 11.4. The summed E-state index contributed by atoms with van der Waals surface area (Å²) in [7, 11) is 5.50. The van der Waals surface area contributed by atoms with E-state index in [1.165, 1.54) is 10.4 Å². The third-order valence-electron chi connectivity index (χ3n) is 5.97. The number of amides is 1. The van der Waals surface area contributed by atoms with E-state index in [-0.39, 0.29) is 0 Å². The Morgan fingerprint density at radius 2 is 2.03 bits per heavy atom. The van der Waals surface area contributed by atoms with Gasteiger partial charge in [-0.2, -0.15) is 0 Å². The molecule has 1 aromatic carbocycles. The first-order valence-corrected chi connectivity index (χ1v) is 11.7. The molecule has 3 rings (SSSR count). The highest BCUT2D eigenvalue weighted by Gasteiger charge is 2.25. The van der Waals surface area contributed by atoms with Crippen LogP contribution in [0.3, 0.4) is 0 Å². The number of hydrogen-bond acceptors (Lipinski definition) is 5. The van der Waals surface area contributed by atoms with E-state index >= 15 is 0 Å². The van der Waals surface area contributed by atoms with Gasteiger partial charge in [0.2, 0.25) is 5.91 Å². The summed E-state index contributed by atoms with van der Waals surface area (Å²) in [5.74, 6) is 1.84. The molecule has 0 aliphatic carbocycles. The number of methoxy groups -OCH3 is 2. The lowest BCUT2D eigenvalue weighted by atomic mass is 10.0. The Morgan fingerprint density at radius 3 is 2.77 bits per heavy atom. The summed E-state index contributed by atoms with van der Waals surface area (Å²) in [6.07, 6.45) is 5.78. The molecular formula is C24H34N2O3S. The molecule has 1 fully saturated rings. The van der Waals surface area contributed by atoms with Gasteiger partial charge < -0.3 is 19.3 Å². The molecule has 30 heavy (non-hydrogen) atoms. The number of carbonyl (C=O) groups is 1. The van der Waals surface area contributed by atoms with Gasteiger partial charge in [-0.3, -0.25) is 4.79 Å². The Labute approximate surface area is 184 Å². The Kier molecular flexibility index (Phi) is 8.58. The van der Waals surface area contributed by atoms with Crippen molar-refractivity contribution in [2.24, 2.45) is 0 Å². The fourth-order valence-electron chi connectivity index (χ4n) is 4.09. The van der Waals surface area contributed by atoms with E-state index in [1.807, 2.05) is 6.07 Å². The van der Waals surface area contributed by atoms with E-state index in [1.54, 1.807) is 25.6 Å². The third kappa shape index (κ3) is 6.22. The van der Waals surface area contributed by atoms with Crippen molar-refractivity contribution in [2.45, 2.75) is 44.6 Å². The van der Waals surface area contributed by atoms with Gasteiger partial charge in [0.1, 0.15) is 0 Å². The summed E-state index contributed by atoms with van der Waals surface area (Å²) >= 11 is 1.78. The lowest BCUT2D eigenvalue weighted by Crippen LogP contribution is -2.49. The SMILES string of the molecule is COc1ccc(CCN(C)[C@@H]2CCCN(C(=O)CCCc3cccs3)C2)cc1OC. The van der Waals surface area contributed by atoms with E-state index in [0.717, 1.165) is 63.2 Å². The maximum Gasteiger partial charge on any atom is 0.222 e. The van der Waals surface area contributed by atoms with Gasteiger partial charge >= 0.3 is 0 Å². The molecule has 1 amide bonds. The summed E-state index contributed by atoms with van der Waals surface area (Å²) in [5.41, 5.74) is 1.23. The van der Waals surface area contributed by atoms with Crippen LogP contribution in [0.4, 0.5) is 0 Å². The molecule has 5 nitrogen and oxygen atoms in total. The largest absolute Gasteiger partial charge is 0.493 e. The Balaban J connectivity index is 1.45. The predicted octanol–water partition coefficient (Wildman–Crippen LogP) is 4.25. The minimum Gasteiger partial charge on any atom is -0.493 e. The Bertz CT molecular complexity index is 794. The fraction of sp³-hybridized carbons (Fsp3) is 0.542. The highest BCUT2D eigenvalue weighted by atomic mass is 32.1. The normalized spacial score (nSPS) is 16.7. The molecule has 1 aromatic heterocycles. The standard InChI is InChI=1S/C24H34N2O3S/c1-25(15-13-19-11-12-22(28-2)23(17-19)29-3)20-7-5-14-26(18-20)24(27)10-4-8-21-9-6-16-30-21/h6,9,11-12,16-17,20H,4-5,7-8,10,13-15,18H2,1-3H3/t20-/m1/s1. The number of piperidine rings is 1. The van der Waals surface area contributed by atoms with Crippen LogP contribution >= 0.6 is 11.3 Å². The molecule has 1 atom stereocenters. The molecule has 1 saturated heterocycles. The number of likely N-dealkylation sites (N-methyl/N-ethyl adjacent to an activating group) is 1.